The minimum absolute atomic E-state index is 0.116. The Balaban J connectivity index is 1.31. The van der Waals surface area contributed by atoms with E-state index < -0.39 is 6.61 Å². The molecule has 0 spiro atoms. The third kappa shape index (κ3) is 6.18. The Morgan fingerprint density at radius 2 is 1.61 bits per heavy atom. The van der Waals surface area contributed by atoms with Crippen molar-refractivity contribution < 1.29 is 13.5 Å². The van der Waals surface area contributed by atoms with E-state index in [4.69, 9.17) is 0 Å². The van der Waals surface area contributed by atoms with Gasteiger partial charge in [0.25, 0.3) is 0 Å². The van der Waals surface area contributed by atoms with Gasteiger partial charge in [-0.15, -0.1) is 0 Å². The lowest BCUT2D eigenvalue weighted by molar-refractivity contribution is -0.0498. The summed E-state index contributed by atoms with van der Waals surface area (Å²) in [6.45, 7) is 0.610. The number of alkyl halides is 2. The molecule has 162 valence electrons. The summed E-state index contributed by atoms with van der Waals surface area (Å²) in [5.74, 6) is 0.578. The third-order valence-corrected chi connectivity index (χ3v) is 5.28. The summed E-state index contributed by atoms with van der Waals surface area (Å²) in [7, 11) is 0. The molecule has 3 heterocycles. The highest BCUT2D eigenvalue weighted by Crippen LogP contribution is 2.23. The molecule has 1 aliphatic heterocycles. The molecular weight excluding hydrogens is 400 g/mol. The number of ether oxygens (including phenoxy) is 1. The van der Waals surface area contributed by atoms with Crippen molar-refractivity contribution in [1.82, 2.24) is 19.9 Å². The monoisotopic (exact) mass is 425 g/mol. The summed E-state index contributed by atoms with van der Waals surface area (Å²) < 4.78 is 28.9. The number of anilines is 2. The largest absolute Gasteiger partial charge is 0.435 e. The van der Waals surface area contributed by atoms with E-state index in [0.717, 1.165) is 35.5 Å². The van der Waals surface area contributed by atoms with Gasteiger partial charge in [0.1, 0.15) is 5.75 Å². The maximum atomic E-state index is 12.2. The molecule has 1 aromatic carbocycles. The molecule has 0 radical (unpaired) electrons. The fourth-order valence-electron chi connectivity index (χ4n) is 3.60. The van der Waals surface area contributed by atoms with Crippen LogP contribution in [0.1, 0.15) is 25.0 Å². The van der Waals surface area contributed by atoms with Crippen LogP contribution in [0.4, 0.5) is 20.4 Å². The van der Waals surface area contributed by atoms with Crippen molar-refractivity contribution in [2.45, 2.75) is 32.3 Å². The molecule has 0 aliphatic carbocycles. The molecule has 1 aliphatic rings. The van der Waals surface area contributed by atoms with E-state index in [2.05, 4.69) is 29.9 Å². The number of benzene rings is 1. The zero-order valence-corrected chi connectivity index (χ0v) is 17.2. The predicted molar refractivity (Wildman–Crippen MR) is 116 cm³/mol. The topological polar surface area (TPSA) is 63.2 Å². The Kier molecular flexibility index (Phi) is 6.99. The number of likely N-dealkylation sites (tertiary alicyclic amines) is 1. The van der Waals surface area contributed by atoms with Crippen molar-refractivity contribution in [1.29, 1.82) is 0 Å². The second-order valence-corrected chi connectivity index (χ2v) is 7.51. The van der Waals surface area contributed by atoms with Gasteiger partial charge in [-0.1, -0.05) is 18.6 Å². The standard InChI is InChI=1S/C23H25F2N5O/c24-22(25)31-21-8-4-17(5-9-21)18-14-27-23(28-15-18)29-20-7-6-19(26-16-20)10-13-30-11-2-1-3-12-30/h4-9,14-16,22H,1-3,10-13H2,(H,27,28,29). The lowest BCUT2D eigenvalue weighted by atomic mass is 10.1. The van der Waals surface area contributed by atoms with Gasteiger partial charge in [0, 0.05) is 36.6 Å². The maximum Gasteiger partial charge on any atom is 0.387 e. The van der Waals surface area contributed by atoms with Crippen LogP contribution >= 0.6 is 0 Å². The van der Waals surface area contributed by atoms with Crippen molar-refractivity contribution in [3.05, 3.63) is 60.7 Å². The lowest BCUT2D eigenvalue weighted by Crippen LogP contribution is -2.31. The van der Waals surface area contributed by atoms with Gasteiger partial charge < -0.3 is 15.0 Å². The number of hydrogen-bond donors (Lipinski definition) is 1. The molecule has 1 fully saturated rings. The van der Waals surface area contributed by atoms with Crippen LogP contribution in [0.5, 0.6) is 5.75 Å². The normalized spacial score (nSPS) is 14.5. The highest BCUT2D eigenvalue weighted by molar-refractivity contribution is 5.63. The highest BCUT2D eigenvalue weighted by Gasteiger charge is 2.10. The van der Waals surface area contributed by atoms with Crippen LogP contribution in [0, 0.1) is 0 Å². The second-order valence-electron chi connectivity index (χ2n) is 7.51. The third-order valence-electron chi connectivity index (χ3n) is 5.28. The minimum atomic E-state index is -2.84. The van der Waals surface area contributed by atoms with E-state index in [-0.39, 0.29) is 5.75 Å². The summed E-state index contributed by atoms with van der Waals surface area (Å²) >= 11 is 0. The van der Waals surface area contributed by atoms with E-state index in [9.17, 15) is 8.78 Å². The second kappa shape index (κ2) is 10.3. The molecule has 4 rings (SSSR count). The lowest BCUT2D eigenvalue weighted by Gasteiger charge is -2.26. The van der Waals surface area contributed by atoms with Crippen LogP contribution in [-0.4, -0.2) is 46.1 Å². The first kappa shape index (κ1) is 21.1. The molecule has 0 unspecified atom stereocenters. The van der Waals surface area contributed by atoms with Crippen molar-refractivity contribution >= 4 is 11.6 Å². The summed E-state index contributed by atoms with van der Waals surface area (Å²) in [4.78, 5) is 15.7. The molecule has 6 nitrogen and oxygen atoms in total. The highest BCUT2D eigenvalue weighted by atomic mass is 19.3. The van der Waals surface area contributed by atoms with Crippen LogP contribution in [0.15, 0.2) is 55.0 Å². The molecule has 0 saturated carbocycles. The van der Waals surface area contributed by atoms with Gasteiger partial charge in [-0.25, -0.2) is 9.97 Å². The molecule has 0 atom stereocenters. The number of aromatic nitrogens is 3. The fraction of sp³-hybridized carbons (Fsp3) is 0.348. The average molecular weight is 425 g/mol. The number of nitrogens with one attached hydrogen (secondary N) is 1. The molecule has 0 amide bonds. The summed E-state index contributed by atoms with van der Waals surface area (Å²) in [5.41, 5.74) is 3.49. The number of nitrogens with zero attached hydrogens (tertiary/aromatic N) is 4. The first-order valence-electron chi connectivity index (χ1n) is 10.5. The molecule has 1 saturated heterocycles. The molecule has 31 heavy (non-hydrogen) atoms. The number of halogens is 2. The van der Waals surface area contributed by atoms with E-state index >= 15 is 0 Å². The quantitative estimate of drug-likeness (QED) is 0.553. The number of rotatable bonds is 8. The van der Waals surface area contributed by atoms with Gasteiger partial charge >= 0.3 is 6.61 Å². The van der Waals surface area contributed by atoms with Crippen LogP contribution in [0.25, 0.3) is 11.1 Å². The molecule has 0 bridgehead atoms. The minimum Gasteiger partial charge on any atom is -0.435 e. The molecule has 1 N–H and O–H groups in total. The van der Waals surface area contributed by atoms with Crippen molar-refractivity contribution in [3.63, 3.8) is 0 Å². The first-order valence-corrected chi connectivity index (χ1v) is 10.5. The Bertz CT molecular complexity index is 943. The first-order chi connectivity index (χ1) is 15.2. The zero-order chi connectivity index (χ0) is 21.5. The molecule has 2 aromatic heterocycles. The Morgan fingerprint density at radius 1 is 0.871 bits per heavy atom. The van der Waals surface area contributed by atoms with Crippen molar-refractivity contribution in [2.75, 3.05) is 25.0 Å². The van der Waals surface area contributed by atoms with Crippen molar-refractivity contribution in [2.24, 2.45) is 0 Å². The number of pyridine rings is 1. The SMILES string of the molecule is FC(F)Oc1ccc(-c2cnc(Nc3ccc(CCN4CCCCC4)nc3)nc2)cc1. The maximum absolute atomic E-state index is 12.2. The molecular formula is C23H25F2N5O. The van der Waals surface area contributed by atoms with E-state index in [1.165, 1.54) is 44.5 Å². The van der Waals surface area contributed by atoms with Crippen LogP contribution in [0.3, 0.4) is 0 Å². The smallest absolute Gasteiger partial charge is 0.387 e. The molecule has 8 heteroatoms. The van der Waals surface area contributed by atoms with Gasteiger partial charge in [-0.3, -0.25) is 4.98 Å². The Hall–Kier alpha value is -3.13. The van der Waals surface area contributed by atoms with Gasteiger partial charge in [0.05, 0.1) is 11.9 Å². The molecule has 3 aromatic rings. The average Bonchev–Trinajstić information content (AvgIpc) is 2.80. The number of hydrogen-bond acceptors (Lipinski definition) is 6. The van der Waals surface area contributed by atoms with Gasteiger partial charge in [-0.2, -0.15) is 8.78 Å². The summed E-state index contributed by atoms with van der Waals surface area (Å²) in [6, 6.07) is 10.4. The Morgan fingerprint density at radius 3 is 2.26 bits per heavy atom. The van der Waals surface area contributed by atoms with Gasteiger partial charge in [0.2, 0.25) is 5.95 Å². The van der Waals surface area contributed by atoms with E-state index in [0.29, 0.717) is 5.95 Å². The van der Waals surface area contributed by atoms with E-state index in [1.54, 1.807) is 30.7 Å². The fourth-order valence-corrected chi connectivity index (χ4v) is 3.60. The van der Waals surface area contributed by atoms with Crippen LogP contribution in [0.2, 0.25) is 0 Å². The Labute approximate surface area is 180 Å². The number of piperidine rings is 1. The predicted octanol–water partition coefficient (Wildman–Crippen LogP) is 4.91. The van der Waals surface area contributed by atoms with Crippen LogP contribution in [-0.2, 0) is 6.42 Å². The summed E-state index contributed by atoms with van der Waals surface area (Å²) in [5, 5.41) is 3.15. The van der Waals surface area contributed by atoms with E-state index in [1.807, 2.05) is 12.1 Å². The van der Waals surface area contributed by atoms with Gasteiger partial charge in [0.15, 0.2) is 0 Å². The van der Waals surface area contributed by atoms with Gasteiger partial charge in [-0.05, 0) is 55.8 Å². The zero-order valence-electron chi connectivity index (χ0n) is 17.2. The van der Waals surface area contributed by atoms with Crippen LogP contribution < -0.4 is 10.1 Å². The van der Waals surface area contributed by atoms with Crippen molar-refractivity contribution in [3.8, 4) is 16.9 Å². The summed E-state index contributed by atoms with van der Waals surface area (Å²) in [6.07, 6.45) is 10.1.